The molecule has 0 atom stereocenters. The van der Waals surface area contributed by atoms with Crippen molar-refractivity contribution in [2.45, 2.75) is 6.92 Å². The predicted molar refractivity (Wildman–Crippen MR) is 78.9 cm³/mol. The first-order valence-corrected chi connectivity index (χ1v) is 6.86. The van der Waals surface area contributed by atoms with Crippen LogP contribution in [0.3, 0.4) is 0 Å². The zero-order valence-electron chi connectivity index (χ0n) is 10.9. The summed E-state index contributed by atoms with van der Waals surface area (Å²) in [7, 11) is 0. The molecular weight excluding hydrogens is 274 g/mol. The van der Waals surface area contributed by atoms with Gasteiger partial charge in [0.25, 0.3) is 11.1 Å². The Kier molecular flexibility index (Phi) is 4.53. The number of carbonyl (C=O) groups is 3. The minimum Gasteiger partial charge on any atom is -0.298 e. The maximum atomic E-state index is 11.9. The van der Waals surface area contributed by atoms with Crippen molar-refractivity contribution in [1.29, 1.82) is 0 Å². The third-order valence-corrected chi connectivity index (χ3v) is 3.52. The molecule has 1 aromatic carbocycles. The smallest absolute Gasteiger partial charge is 0.293 e. The number of rotatable bonds is 4. The Bertz CT molecular complexity index is 605. The fraction of sp³-hybridized carbons (Fsp3) is 0.133. The maximum Gasteiger partial charge on any atom is 0.293 e. The lowest BCUT2D eigenvalue weighted by Crippen LogP contribution is -2.32. The third kappa shape index (κ3) is 3.45. The standard InChI is InChI=1S/C15H13NO3S/c1-11(17)10-16-14(18)13(20-15(16)19)9-5-8-12-6-3-2-4-7-12/h2-9H,10H2,1H3. The SMILES string of the molecule is CC(=O)CN1C(=O)SC(=CC=Cc2ccccc2)C1=O. The summed E-state index contributed by atoms with van der Waals surface area (Å²) in [5, 5.41) is -0.399. The molecule has 0 bridgehead atoms. The van der Waals surface area contributed by atoms with Crippen LogP contribution in [0.4, 0.5) is 4.79 Å². The van der Waals surface area contributed by atoms with Crippen LogP contribution in [0, 0.1) is 0 Å². The molecule has 1 fully saturated rings. The van der Waals surface area contributed by atoms with Crippen LogP contribution in [0.1, 0.15) is 12.5 Å². The molecular formula is C15H13NO3S. The fourth-order valence-electron chi connectivity index (χ4n) is 1.68. The number of Topliss-reactive ketones (excluding diaryl/α,β-unsaturated/α-hetero) is 1. The van der Waals surface area contributed by atoms with E-state index in [9.17, 15) is 14.4 Å². The van der Waals surface area contributed by atoms with Crippen LogP contribution in [0.15, 0.2) is 47.4 Å². The first-order chi connectivity index (χ1) is 9.58. The minimum absolute atomic E-state index is 0.162. The molecule has 0 N–H and O–H groups in total. The van der Waals surface area contributed by atoms with E-state index >= 15 is 0 Å². The zero-order valence-corrected chi connectivity index (χ0v) is 11.7. The molecule has 1 aromatic rings. The van der Waals surface area contributed by atoms with E-state index in [-0.39, 0.29) is 12.3 Å². The molecule has 2 rings (SSSR count). The van der Waals surface area contributed by atoms with E-state index in [0.29, 0.717) is 4.91 Å². The number of thioether (sulfide) groups is 1. The molecule has 0 radical (unpaired) electrons. The first kappa shape index (κ1) is 14.3. The van der Waals surface area contributed by atoms with E-state index in [2.05, 4.69) is 0 Å². The molecule has 1 aliphatic heterocycles. The van der Waals surface area contributed by atoms with Gasteiger partial charge in [-0.05, 0) is 30.3 Å². The molecule has 1 saturated heterocycles. The van der Waals surface area contributed by atoms with Gasteiger partial charge in [-0.1, -0.05) is 42.5 Å². The van der Waals surface area contributed by atoms with E-state index in [0.717, 1.165) is 22.2 Å². The molecule has 0 unspecified atom stereocenters. The predicted octanol–water partition coefficient (Wildman–Crippen LogP) is 2.87. The Balaban J connectivity index is 2.08. The summed E-state index contributed by atoms with van der Waals surface area (Å²) >= 11 is 0.854. The van der Waals surface area contributed by atoms with Crippen LogP contribution in [0.5, 0.6) is 0 Å². The van der Waals surface area contributed by atoms with E-state index in [1.807, 2.05) is 36.4 Å². The molecule has 20 heavy (non-hydrogen) atoms. The number of imide groups is 1. The lowest BCUT2D eigenvalue weighted by atomic mass is 10.2. The Hall–Kier alpha value is -2.14. The van der Waals surface area contributed by atoms with Gasteiger partial charge >= 0.3 is 0 Å². The van der Waals surface area contributed by atoms with Crippen LogP contribution in [-0.2, 0) is 9.59 Å². The van der Waals surface area contributed by atoms with Crippen LogP contribution in [-0.4, -0.2) is 28.4 Å². The van der Waals surface area contributed by atoms with Gasteiger partial charge < -0.3 is 0 Å². The van der Waals surface area contributed by atoms with Gasteiger partial charge in [-0.15, -0.1) is 0 Å². The van der Waals surface area contributed by atoms with Crippen molar-refractivity contribution in [3.63, 3.8) is 0 Å². The molecule has 5 heteroatoms. The van der Waals surface area contributed by atoms with Crippen LogP contribution in [0.25, 0.3) is 6.08 Å². The number of hydrogen-bond acceptors (Lipinski definition) is 4. The fourth-order valence-corrected chi connectivity index (χ4v) is 2.47. The first-order valence-electron chi connectivity index (χ1n) is 6.04. The number of allylic oxidation sites excluding steroid dienone is 2. The van der Waals surface area contributed by atoms with E-state index in [1.165, 1.54) is 6.92 Å². The van der Waals surface area contributed by atoms with Gasteiger partial charge in [-0.3, -0.25) is 19.3 Å². The quantitative estimate of drug-likeness (QED) is 0.799. The van der Waals surface area contributed by atoms with Crippen molar-refractivity contribution in [2.75, 3.05) is 6.54 Å². The molecule has 4 nitrogen and oxygen atoms in total. The van der Waals surface area contributed by atoms with E-state index in [1.54, 1.807) is 12.2 Å². The van der Waals surface area contributed by atoms with Gasteiger partial charge in [-0.2, -0.15) is 0 Å². The third-order valence-electron chi connectivity index (χ3n) is 2.59. The average Bonchev–Trinajstić information content (AvgIpc) is 2.67. The Morgan fingerprint density at radius 3 is 2.60 bits per heavy atom. The summed E-state index contributed by atoms with van der Waals surface area (Å²) < 4.78 is 0. The zero-order chi connectivity index (χ0) is 14.5. The topological polar surface area (TPSA) is 54.5 Å². The van der Waals surface area contributed by atoms with Crippen molar-refractivity contribution >= 4 is 34.8 Å². The second-order valence-electron chi connectivity index (χ2n) is 4.26. The molecule has 102 valence electrons. The van der Waals surface area contributed by atoms with Crippen LogP contribution >= 0.6 is 11.8 Å². The molecule has 1 heterocycles. The number of hydrogen-bond donors (Lipinski definition) is 0. The Labute approximate surface area is 121 Å². The summed E-state index contributed by atoms with van der Waals surface area (Å²) in [6, 6.07) is 9.63. The Morgan fingerprint density at radius 1 is 1.25 bits per heavy atom. The van der Waals surface area contributed by atoms with Gasteiger partial charge in [0.1, 0.15) is 5.78 Å². The van der Waals surface area contributed by atoms with E-state index < -0.39 is 11.1 Å². The lowest BCUT2D eigenvalue weighted by molar-refractivity contribution is -0.127. The number of amides is 2. The molecule has 0 saturated carbocycles. The van der Waals surface area contributed by atoms with E-state index in [4.69, 9.17) is 0 Å². The van der Waals surface area contributed by atoms with Crippen molar-refractivity contribution in [3.05, 3.63) is 53.0 Å². The van der Waals surface area contributed by atoms with Gasteiger partial charge in [0, 0.05) is 0 Å². The number of ketones is 1. The van der Waals surface area contributed by atoms with Gasteiger partial charge in [0.05, 0.1) is 11.4 Å². The summed E-state index contributed by atoms with van der Waals surface area (Å²) in [6.07, 6.45) is 5.16. The summed E-state index contributed by atoms with van der Waals surface area (Å²) in [6.45, 7) is 1.19. The molecule has 0 spiro atoms. The van der Waals surface area contributed by atoms with Crippen LogP contribution < -0.4 is 0 Å². The highest BCUT2D eigenvalue weighted by molar-refractivity contribution is 8.18. The van der Waals surface area contributed by atoms with Crippen LogP contribution in [0.2, 0.25) is 0 Å². The molecule has 1 aliphatic rings. The lowest BCUT2D eigenvalue weighted by Gasteiger charge is -2.08. The second kappa shape index (κ2) is 6.34. The molecule has 0 aliphatic carbocycles. The summed E-state index contributed by atoms with van der Waals surface area (Å²) in [5.74, 6) is -0.624. The van der Waals surface area contributed by atoms with Crippen molar-refractivity contribution < 1.29 is 14.4 Å². The van der Waals surface area contributed by atoms with Crippen molar-refractivity contribution in [2.24, 2.45) is 0 Å². The maximum absolute atomic E-state index is 11.9. The minimum atomic E-state index is -0.409. The highest BCUT2D eigenvalue weighted by atomic mass is 32.2. The van der Waals surface area contributed by atoms with Gasteiger partial charge in [0.15, 0.2) is 0 Å². The highest BCUT2D eigenvalue weighted by Crippen LogP contribution is 2.30. The average molecular weight is 287 g/mol. The van der Waals surface area contributed by atoms with Crippen molar-refractivity contribution in [3.8, 4) is 0 Å². The number of benzene rings is 1. The highest BCUT2D eigenvalue weighted by Gasteiger charge is 2.35. The second-order valence-corrected chi connectivity index (χ2v) is 5.26. The molecule has 0 aromatic heterocycles. The summed E-state index contributed by atoms with van der Waals surface area (Å²) in [5.41, 5.74) is 1.01. The summed E-state index contributed by atoms with van der Waals surface area (Å²) in [4.78, 5) is 35.8. The van der Waals surface area contributed by atoms with Crippen molar-refractivity contribution in [1.82, 2.24) is 4.90 Å². The van der Waals surface area contributed by atoms with Gasteiger partial charge in [0.2, 0.25) is 0 Å². The number of nitrogens with zero attached hydrogens (tertiary/aromatic N) is 1. The monoisotopic (exact) mass is 287 g/mol. The molecule has 2 amide bonds. The normalized spacial score (nSPS) is 17.4. The van der Waals surface area contributed by atoms with Gasteiger partial charge in [-0.25, -0.2) is 0 Å². The number of carbonyl (C=O) groups excluding carboxylic acids is 3. The largest absolute Gasteiger partial charge is 0.298 e. The Morgan fingerprint density at radius 2 is 1.95 bits per heavy atom.